The SMILES string of the molecule is CC(C(=O)N[C@@H](Cc1ccccc1)C(=O)N(C)c1ccccc1)C1CNC1. The second-order valence-corrected chi connectivity index (χ2v) is 7.19. The molecule has 0 aliphatic carbocycles. The second kappa shape index (κ2) is 8.82. The van der Waals surface area contributed by atoms with Gasteiger partial charge in [-0.3, -0.25) is 9.59 Å². The van der Waals surface area contributed by atoms with Gasteiger partial charge in [-0.1, -0.05) is 55.5 Å². The van der Waals surface area contributed by atoms with Crippen LogP contribution in [0.15, 0.2) is 60.7 Å². The lowest BCUT2D eigenvalue weighted by molar-refractivity contribution is -0.131. The predicted molar refractivity (Wildman–Crippen MR) is 107 cm³/mol. The summed E-state index contributed by atoms with van der Waals surface area (Å²) >= 11 is 0. The van der Waals surface area contributed by atoms with Gasteiger partial charge in [-0.25, -0.2) is 0 Å². The van der Waals surface area contributed by atoms with Crippen LogP contribution in [0, 0.1) is 11.8 Å². The Morgan fingerprint density at radius 1 is 1.07 bits per heavy atom. The van der Waals surface area contributed by atoms with Gasteiger partial charge in [0.15, 0.2) is 0 Å². The quantitative estimate of drug-likeness (QED) is 0.791. The number of nitrogens with one attached hydrogen (secondary N) is 2. The molecule has 1 aliphatic heterocycles. The van der Waals surface area contributed by atoms with E-state index in [9.17, 15) is 9.59 Å². The molecule has 1 heterocycles. The highest BCUT2D eigenvalue weighted by atomic mass is 16.2. The van der Waals surface area contributed by atoms with E-state index in [1.165, 1.54) is 0 Å². The van der Waals surface area contributed by atoms with Crippen molar-refractivity contribution in [2.75, 3.05) is 25.0 Å². The summed E-state index contributed by atoms with van der Waals surface area (Å²) in [4.78, 5) is 27.5. The molecule has 2 N–H and O–H groups in total. The Kier molecular flexibility index (Phi) is 6.24. The number of benzene rings is 2. The fourth-order valence-corrected chi connectivity index (χ4v) is 3.24. The first-order valence-electron chi connectivity index (χ1n) is 9.44. The third-order valence-electron chi connectivity index (χ3n) is 5.31. The van der Waals surface area contributed by atoms with Crippen LogP contribution in [-0.2, 0) is 16.0 Å². The fraction of sp³-hybridized carbons (Fsp3) is 0.364. The molecule has 2 aromatic rings. The zero-order chi connectivity index (χ0) is 19.2. The molecule has 1 aliphatic rings. The first-order valence-corrected chi connectivity index (χ1v) is 9.44. The van der Waals surface area contributed by atoms with E-state index in [2.05, 4.69) is 10.6 Å². The third-order valence-corrected chi connectivity index (χ3v) is 5.31. The first-order chi connectivity index (χ1) is 13.1. The number of amides is 2. The molecular weight excluding hydrogens is 338 g/mol. The van der Waals surface area contributed by atoms with Crippen LogP contribution in [0.25, 0.3) is 0 Å². The summed E-state index contributed by atoms with van der Waals surface area (Å²) in [5.41, 5.74) is 1.83. The van der Waals surface area contributed by atoms with Crippen LogP contribution in [0.3, 0.4) is 0 Å². The number of anilines is 1. The van der Waals surface area contributed by atoms with Crippen molar-refractivity contribution >= 4 is 17.5 Å². The summed E-state index contributed by atoms with van der Waals surface area (Å²) in [6, 6.07) is 18.7. The Morgan fingerprint density at radius 3 is 2.22 bits per heavy atom. The van der Waals surface area contributed by atoms with E-state index >= 15 is 0 Å². The van der Waals surface area contributed by atoms with Gasteiger partial charge in [-0.15, -0.1) is 0 Å². The molecule has 0 radical (unpaired) electrons. The smallest absolute Gasteiger partial charge is 0.249 e. The van der Waals surface area contributed by atoms with Crippen LogP contribution in [0.1, 0.15) is 12.5 Å². The van der Waals surface area contributed by atoms with Gasteiger partial charge in [0, 0.05) is 25.1 Å². The lowest BCUT2D eigenvalue weighted by Crippen LogP contribution is -2.54. The van der Waals surface area contributed by atoms with Crippen LogP contribution in [-0.4, -0.2) is 38.0 Å². The maximum atomic E-state index is 13.2. The van der Waals surface area contributed by atoms with Gasteiger partial charge >= 0.3 is 0 Å². The van der Waals surface area contributed by atoms with Crippen molar-refractivity contribution in [3.05, 3.63) is 66.2 Å². The van der Waals surface area contributed by atoms with E-state index in [0.29, 0.717) is 12.3 Å². The van der Waals surface area contributed by atoms with Gasteiger partial charge in [-0.2, -0.15) is 0 Å². The van der Waals surface area contributed by atoms with Crippen molar-refractivity contribution < 1.29 is 9.59 Å². The highest BCUT2D eigenvalue weighted by molar-refractivity contribution is 5.99. The Morgan fingerprint density at radius 2 is 1.67 bits per heavy atom. The Labute approximate surface area is 160 Å². The molecule has 142 valence electrons. The first kappa shape index (κ1) is 19.1. The van der Waals surface area contributed by atoms with Crippen LogP contribution in [0.2, 0.25) is 0 Å². The van der Waals surface area contributed by atoms with Crippen LogP contribution >= 0.6 is 0 Å². The molecule has 2 aromatic carbocycles. The van der Waals surface area contributed by atoms with E-state index in [1.807, 2.05) is 67.6 Å². The van der Waals surface area contributed by atoms with Gasteiger partial charge in [0.2, 0.25) is 11.8 Å². The van der Waals surface area contributed by atoms with Crippen LogP contribution in [0.4, 0.5) is 5.69 Å². The molecule has 0 bridgehead atoms. The predicted octanol–water partition coefficient (Wildman–Crippen LogP) is 2.23. The number of carbonyl (C=O) groups excluding carboxylic acids is 2. The zero-order valence-electron chi connectivity index (χ0n) is 15.9. The summed E-state index contributed by atoms with van der Waals surface area (Å²) in [6.45, 7) is 3.65. The minimum atomic E-state index is -0.597. The minimum Gasteiger partial charge on any atom is -0.344 e. The van der Waals surface area contributed by atoms with Crippen molar-refractivity contribution in [2.45, 2.75) is 19.4 Å². The molecule has 5 nitrogen and oxygen atoms in total. The van der Waals surface area contributed by atoms with E-state index in [0.717, 1.165) is 24.3 Å². The highest BCUT2D eigenvalue weighted by Gasteiger charge is 2.32. The summed E-state index contributed by atoms with van der Waals surface area (Å²) in [5, 5.41) is 6.20. The molecule has 0 aromatic heterocycles. The number of hydrogen-bond acceptors (Lipinski definition) is 3. The van der Waals surface area contributed by atoms with Gasteiger partial charge in [0.25, 0.3) is 0 Å². The van der Waals surface area contributed by atoms with E-state index in [1.54, 1.807) is 11.9 Å². The summed E-state index contributed by atoms with van der Waals surface area (Å²) in [5.74, 6) is 0.0539. The van der Waals surface area contributed by atoms with Gasteiger partial charge in [-0.05, 0) is 36.7 Å². The third kappa shape index (κ3) is 4.74. The van der Waals surface area contributed by atoms with E-state index in [-0.39, 0.29) is 17.7 Å². The zero-order valence-corrected chi connectivity index (χ0v) is 15.9. The lowest BCUT2D eigenvalue weighted by atomic mass is 9.88. The fourth-order valence-electron chi connectivity index (χ4n) is 3.24. The lowest BCUT2D eigenvalue weighted by Gasteiger charge is -2.33. The maximum Gasteiger partial charge on any atom is 0.249 e. The molecule has 2 amide bonds. The average Bonchev–Trinajstić information content (AvgIpc) is 2.66. The normalized spacial score (nSPS) is 16.1. The summed E-state index contributed by atoms with van der Waals surface area (Å²) < 4.78 is 0. The molecule has 0 spiro atoms. The Hall–Kier alpha value is -2.66. The molecule has 1 unspecified atom stereocenters. The number of hydrogen-bond donors (Lipinski definition) is 2. The standard InChI is InChI=1S/C22H27N3O2/c1-16(18-14-23-15-18)21(26)24-20(13-17-9-5-3-6-10-17)22(27)25(2)19-11-7-4-8-12-19/h3-12,16,18,20,23H,13-15H2,1-2H3,(H,24,26)/t16?,20-/m0/s1. The molecule has 3 rings (SSSR count). The molecule has 0 saturated carbocycles. The average molecular weight is 365 g/mol. The summed E-state index contributed by atoms with van der Waals surface area (Å²) in [6.07, 6.45) is 0.470. The van der Waals surface area contributed by atoms with E-state index < -0.39 is 6.04 Å². The molecule has 1 fully saturated rings. The number of rotatable bonds is 7. The van der Waals surface area contributed by atoms with Crippen molar-refractivity contribution in [2.24, 2.45) is 11.8 Å². The molecular formula is C22H27N3O2. The van der Waals surface area contributed by atoms with Crippen LogP contribution in [0.5, 0.6) is 0 Å². The van der Waals surface area contributed by atoms with Gasteiger partial charge in [0.1, 0.15) is 6.04 Å². The molecule has 27 heavy (non-hydrogen) atoms. The van der Waals surface area contributed by atoms with Gasteiger partial charge < -0.3 is 15.5 Å². The second-order valence-electron chi connectivity index (χ2n) is 7.19. The Bertz CT molecular complexity index is 760. The molecule has 2 atom stereocenters. The van der Waals surface area contributed by atoms with Gasteiger partial charge in [0.05, 0.1) is 0 Å². The number of para-hydroxylation sites is 1. The highest BCUT2D eigenvalue weighted by Crippen LogP contribution is 2.18. The number of carbonyl (C=O) groups is 2. The monoisotopic (exact) mass is 365 g/mol. The number of nitrogens with zero attached hydrogens (tertiary/aromatic N) is 1. The largest absolute Gasteiger partial charge is 0.344 e. The van der Waals surface area contributed by atoms with Crippen molar-refractivity contribution in [1.82, 2.24) is 10.6 Å². The maximum absolute atomic E-state index is 13.2. The van der Waals surface area contributed by atoms with Crippen molar-refractivity contribution in [3.63, 3.8) is 0 Å². The number of likely N-dealkylation sites (N-methyl/N-ethyl adjacent to an activating group) is 1. The molecule has 1 saturated heterocycles. The van der Waals surface area contributed by atoms with Crippen LogP contribution < -0.4 is 15.5 Å². The molecule has 5 heteroatoms. The van der Waals surface area contributed by atoms with Crippen molar-refractivity contribution in [1.29, 1.82) is 0 Å². The van der Waals surface area contributed by atoms with Crippen molar-refractivity contribution in [3.8, 4) is 0 Å². The topological polar surface area (TPSA) is 61.4 Å². The Balaban J connectivity index is 1.76. The summed E-state index contributed by atoms with van der Waals surface area (Å²) in [7, 11) is 1.75. The minimum absolute atomic E-state index is 0.0581. The van der Waals surface area contributed by atoms with E-state index in [4.69, 9.17) is 0 Å².